The van der Waals surface area contributed by atoms with Gasteiger partial charge in [-0.1, -0.05) is 30.3 Å². The van der Waals surface area contributed by atoms with Gasteiger partial charge in [0.25, 0.3) is 0 Å². The topological polar surface area (TPSA) is 89.5 Å². The smallest absolute Gasteiger partial charge is 0.410 e. The summed E-state index contributed by atoms with van der Waals surface area (Å²) in [5, 5.41) is 2.99. The number of amides is 2. The number of ether oxygens (including phenoxy) is 3. The van der Waals surface area contributed by atoms with E-state index < -0.39 is 17.2 Å². The van der Waals surface area contributed by atoms with E-state index in [1.165, 1.54) is 0 Å². The molecule has 8 heteroatoms. The molecule has 0 atom stereocenters. The molecule has 1 N–H and O–H groups in total. The largest absolute Gasteiger partial charge is 0.477 e. The van der Waals surface area contributed by atoms with Crippen molar-refractivity contribution in [1.29, 1.82) is 0 Å². The number of nitrogens with one attached hydrogen (secondary N) is 1. The number of rotatable bonds is 4. The summed E-state index contributed by atoms with van der Waals surface area (Å²) in [6.45, 7) is 10.9. The average Bonchev–Trinajstić information content (AvgIpc) is 3.07. The third-order valence-electron chi connectivity index (χ3n) is 5.20. The van der Waals surface area contributed by atoms with E-state index in [1.807, 2.05) is 65.0 Å². The molecule has 2 aliphatic heterocycles. The number of hydrogen-bond donors (Lipinski definition) is 1. The quantitative estimate of drug-likeness (QED) is 0.781. The highest BCUT2D eigenvalue weighted by Gasteiger charge is 2.47. The molecule has 31 heavy (non-hydrogen) atoms. The van der Waals surface area contributed by atoms with E-state index in [0.29, 0.717) is 38.4 Å². The zero-order valence-electron chi connectivity index (χ0n) is 19.1. The number of carbonyl (C=O) groups is 2. The Kier molecular flexibility index (Phi) is 6.48. The summed E-state index contributed by atoms with van der Waals surface area (Å²) < 4.78 is 16.8. The summed E-state index contributed by atoms with van der Waals surface area (Å²) in [6.07, 6.45) is 0.0244. The predicted molar refractivity (Wildman–Crippen MR) is 117 cm³/mol. The minimum atomic E-state index is -0.819. The molecule has 3 rings (SSSR count). The zero-order valence-corrected chi connectivity index (χ0v) is 19.1. The maximum absolute atomic E-state index is 12.7. The maximum Gasteiger partial charge on any atom is 0.410 e. The number of piperidine rings is 1. The SMILES string of the molecule is CC1(C)COC(C2(NC(=O)OCc3ccccc3)CCN(C(=O)OC(C)(C)C)CC2)=N1. The summed E-state index contributed by atoms with van der Waals surface area (Å²) in [5.74, 6) is 0.498. The summed E-state index contributed by atoms with van der Waals surface area (Å²) in [6, 6.07) is 9.50. The van der Waals surface area contributed by atoms with Crippen LogP contribution >= 0.6 is 0 Å². The summed E-state index contributed by atoms with van der Waals surface area (Å²) in [7, 11) is 0. The summed E-state index contributed by atoms with van der Waals surface area (Å²) in [5.41, 5.74) is -0.837. The molecule has 0 radical (unpaired) electrons. The van der Waals surface area contributed by atoms with Gasteiger partial charge >= 0.3 is 12.2 Å². The van der Waals surface area contributed by atoms with E-state index in [-0.39, 0.29) is 18.2 Å². The Labute approximate surface area is 183 Å². The minimum Gasteiger partial charge on any atom is -0.477 e. The van der Waals surface area contributed by atoms with Gasteiger partial charge in [-0.3, -0.25) is 0 Å². The van der Waals surface area contributed by atoms with Crippen molar-refractivity contribution in [2.45, 2.75) is 70.7 Å². The molecule has 1 aromatic rings. The number of nitrogens with zero attached hydrogens (tertiary/aromatic N) is 2. The lowest BCUT2D eigenvalue weighted by molar-refractivity contribution is 0.0170. The molecule has 0 saturated carbocycles. The van der Waals surface area contributed by atoms with E-state index in [0.717, 1.165) is 5.56 Å². The van der Waals surface area contributed by atoms with Crippen LogP contribution in [0.1, 0.15) is 53.0 Å². The molecular formula is C23H33N3O5. The van der Waals surface area contributed by atoms with E-state index in [2.05, 4.69) is 5.32 Å². The number of hydrogen-bond acceptors (Lipinski definition) is 6. The highest BCUT2D eigenvalue weighted by atomic mass is 16.6. The number of carbonyl (C=O) groups excluding carboxylic acids is 2. The molecule has 0 unspecified atom stereocenters. The maximum atomic E-state index is 12.7. The van der Waals surface area contributed by atoms with Gasteiger partial charge in [0.2, 0.25) is 5.90 Å². The number of likely N-dealkylation sites (tertiary alicyclic amines) is 1. The lowest BCUT2D eigenvalue weighted by atomic mass is 9.87. The Morgan fingerprint density at radius 1 is 1.16 bits per heavy atom. The van der Waals surface area contributed by atoms with Gasteiger partial charge in [-0.2, -0.15) is 0 Å². The van der Waals surface area contributed by atoms with Gasteiger partial charge in [0.05, 0.1) is 5.54 Å². The van der Waals surface area contributed by atoms with Gasteiger partial charge in [-0.15, -0.1) is 0 Å². The van der Waals surface area contributed by atoms with Crippen LogP contribution < -0.4 is 5.32 Å². The van der Waals surface area contributed by atoms with Crippen molar-refractivity contribution >= 4 is 18.1 Å². The monoisotopic (exact) mass is 431 g/mol. The van der Waals surface area contributed by atoms with Gasteiger partial charge in [0.15, 0.2) is 0 Å². The van der Waals surface area contributed by atoms with E-state index in [1.54, 1.807) is 4.90 Å². The standard InChI is InChI=1S/C23H33N3O5/c1-21(2,3)31-20(28)26-13-11-23(12-14-26,18-24-22(4,5)16-30-18)25-19(27)29-15-17-9-7-6-8-10-17/h6-10H,11-16H2,1-5H3,(H,25,27). The van der Waals surface area contributed by atoms with Crippen LogP contribution in [0.5, 0.6) is 0 Å². The second-order valence-corrected chi connectivity index (χ2v) is 9.75. The molecule has 8 nitrogen and oxygen atoms in total. The lowest BCUT2D eigenvalue weighted by Crippen LogP contribution is -2.61. The Balaban J connectivity index is 1.69. The van der Waals surface area contributed by atoms with Crippen LogP contribution in [-0.2, 0) is 20.8 Å². The highest BCUT2D eigenvalue weighted by Crippen LogP contribution is 2.31. The van der Waals surface area contributed by atoms with Gasteiger partial charge < -0.3 is 24.4 Å². The Morgan fingerprint density at radius 3 is 2.35 bits per heavy atom. The van der Waals surface area contributed by atoms with Gasteiger partial charge in [0.1, 0.15) is 24.4 Å². The van der Waals surface area contributed by atoms with Gasteiger partial charge in [-0.05, 0) is 53.0 Å². The number of aliphatic imine (C=N–C) groups is 1. The highest BCUT2D eigenvalue weighted by molar-refractivity contribution is 5.91. The molecule has 0 aliphatic carbocycles. The predicted octanol–water partition coefficient (Wildman–Crippen LogP) is 3.89. The third-order valence-corrected chi connectivity index (χ3v) is 5.20. The molecule has 2 aliphatic rings. The summed E-state index contributed by atoms with van der Waals surface area (Å²) >= 11 is 0. The normalized spacial score (nSPS) is 19.8. The minimum absolute atomic E-state index is 0.172. The van der Waals surface area contributed by atoms with E-state index in [9.17, 15) is 9.59 Å². The van der Waals surface area contributed by atoms with Crippen LogP contribution in [0.2, 0.25) is 0 Å². The molecule has 0 spiro atoms. The molecule has 1 saturated heterocycles. The van der Waals surface area contributed by atoms with Gasteiger partial charge in [0, 0.05) is 13.1 Å². The fourth-order valence-corrected chi connectivity index (χ4v) is 3.57. The van der Waals surface area contributed by atoms with E-state index >= 15 is 0 Å². The first kappa shape index (κ1) is 22.9. The van der Waals surface area contributed by atoms with Crippen LogP contribution in [0.15, 0.2) is 35.3 Å². The van der Waals surface area contributed by atoms with Crippen LogP contribution in [0, 0.1) is 0 Å². The molecule has 1 aromatic carbocycles. The van der Waals surface area contributed by atoms with Crippen molar-refractivity contribution in [3.8, 4) is 0 Å². The molecule has 0 bridgehead atoms. The average molecular weight is 432 g/mol. The molecule has 1 fully saturated rings. The van der Waals surface area contributed by atoms with Crippen molar-refractivity contribution in [1.82, 2.24) is 10.2 Å². The molecule has 2 amide bonds. The zero-order chi connectivity index (χ0) is 22.7. The van der Waals surface area contributed by atoms with Gasteiger partial charge in [-0.25, -0.2) is 14.6 Å². The van der Waals surface area contributed by atoms with Crippen molar-refractivity contribution in [2.24, 2.45) is 4.99 Å². The van der Waals surface area contributed by atoms with Crippen molar-refractivity contribution in [3.63, 3.8) is 0 Å². The summed E-state index contributed by atoms with van der Waals surface area (Å²) in [4.78, 5) is 31.5. The lowest BCUT2D eigenvalue weighted by Gasteiger charge is -2.41. The Bertz CT molecular complexity index is 821. The first-order valence-corrected chi connectivity index (χ1v) is 10.7. The van der Waals surface area contributed by atoms with Crippen molar-refractivity contribution in [2.75, 3.05) is 19.7 Å². The second kappa shape index (κ2) is 8.77. The first-order valence-electron chi connectivity index (χ1n) is 10.7. The Hall–Kier alpha value is -2.77. The first-order chi connectivity index (χ1) is 14.5. The molecule has 2 heterocycles. The van der Waals surface area contributed by atoms with Crippen molar-refractivity contribution < 1.29 is 23.8 Å². The van der Waals surface area contributed by atoms with Crippen LogP contribution in [0.25, 0.3) is 0 Å². The number of alkyl carbamates (subject to hydrolysis) is 1. The fraction of sp³-hybridized carbons (Fsp3) is 0.609. The molecule has 170 valence electrons. The van der Waals surface area contributed by atoms with Crippen LogP contribution in [0.4, 0.5) is 9.59 Å². The second-order valence-electron chi connectivity index (χ2n) is 9.75. The van der Waals surface area contributed by atoms with Crippen LogP contribution in [0.3, 0.4) is 0 Å². The molecule has 0 aromatic heterocycles. The number of benzene rings is 1. The molecular weight excluding hydrogens is 398 g/mol. The third kappa shape index (κ3) is 6.12. The fourth-order valence-electron chi connectivity index (χ4n) is 3.57. The Morgan fingerprint density at radius 2 is 1.81 bits per heavy atom. The van der Waals surface area contributed by atoms with Crippen molar-refractivity contribution in [3.05, 3.63) is 35.9 Å². The van der Waals surface area contributed by atoms with E-state index in [4.69, 9.17) is 19.2 Å². The van der Waals surface area contributed by atoms with Crippen LogP contribution in [-0.4, -0.2) is 59.4 Å².